The number of carbonyl (C=O) groups excluding carboxylic acids is 1. The highest BCUT2D eigenvalue weighted by atomic mass is 16.8. The molecular formula is C16H28O6. The van der Waals surface area contributed by atoms with Gasteiger partial charge in [0.05, 0.1) is 12.2 Å². The van der Waals surface area contributed by atoms with E-state index in [1.54, 1.807) is 21.0 Å². The molecule has 0 amide bonds. The molecule has 2 fully saturated rings. The van der Waals surface area contributed by atoms with Crippen LogP contribution in [0.5, 0.6) is 0 Å². The highest BCUT2D eigenvalue weighted by Gasteiger charge is 2.58. The summed E-state index contributed by atoms with van der Waals surface area (Å²) in [5.41, 5.74) is 0. The monoisotopic (exact) mass is 316 g/mol. The summed E-state index contributed by atoms with van der Waals surface area (Å²) in [4.78, 5) is 12.5. The molecular weight excluding hydrogens is 288 g/mol. The molecule has 2 aliphatic heterocycles. The molecule has 2 aliphatic rings. The fourth-order valence-corrected chi connectivity index (χ4v) is 3.04. The van der Waals surface area contributed by atoms with Gasteiger partial charge in [-0.25, -0.2) is 4.79 Å². The second-order valence-electron chi connectivity index (χ2n) is 6.38. The van der Waals surface area contributed by atoms with E-state index in [1.165, 1.54) is 7.11 Å². The number of cyclic esters (lactones) is 1. The number of hydrogen-bond donors (Lipinski definition) is 0. The molecule has 0 aromatic rings. The second-order valence-corrected chi connectivity index (χ2v) is 6.38. The average Bonchev–Trinajstić information content (AvgIpc) is 2.49. The van der Waals surface area contributed by atoms with Crippen LogP contribution in [0.1, 0.15) is 52.9 Å². The summed E-state index contributed by atoms with van der Waals surface area (Å²) < 4.78 is 28.5. The van der Waals surface area contributed by atoms with Crippen molar-refractivity contribution in [2.24, 2.45) is 0 Å². The number of hydrogen-bond acceptors (Lipinski definition) is 6. The first-order valence-electron chi connectivity index (χ1n) is 8.01. The van der Waals surface area contributed by atoms with Gasteiger partial charge in [-0.2, -0.15) is 0 Å². The van der Waals surface area contributed by atoms with Gasteiger partial charge in [-0.3, -0.25) is 0 Å². The van der Waals surface area contributed by atoms with Gasteiger partial charge < -0.3 is 23.7 Å². The van der Waals surface area contributed by atoms with Crippen molar-refractivity contribution in [3.05, 3.63) is 0 Å². The quantitative estimate of drug-likeness (QED) is 0.729. The van der Waals surface area contributed by atoms with Crippen molar-refractivity contribution >= 4 is 5.97 Å². The summed E-state index contributed by atoms with van der Waals surface area (Å²) in [6, 6.07) is 0. The summed E-state index contributed by atoms with van der Waals surface area (Å²) in [6.45, 7) is 5.38. The van der Waals surface area contributed by atoms with Crippen LogP contribution in [0.3, 0.4) is 0 Å². The third kappa shape index (κ3) is 3.30. The third-order valence-corrected chi connectivity index (χ3v) is 4.82. The Balaban J connectivity index is 2.25. The predicted molar refractivity (Wildman–Crippen MR) is 79.2 cm³/mol. The van der Waals surface area contributed by atoms with E-state index in [4.69, 9.17) is 23.7 Å². The van der Waals surface area contributed by atoms with Crippen LogP contribution in [0.25, 0.3) is 0 Å². The molecule has 0 spiro atoms. The number of fused-ring (bicyclic) bond motifs is 1. The van der Waals surface area contributed by atoms with Crippen molar-refractivity contribution < 1.29 is 28.5 Å². The number of esters is 1. The van der Waals surface area contributed by atoms with Gasteiger partial charge in [-0.05, 0) is 40.0 Å². The van der Waals surface area contributed by atoms with E-state index < -0.39 is 23.8 Å². The van der Waals surface area contributed by atoms with Gasteiger partial charge in [0.2, 0.25) is 11.6 Å². The summed E-state index contributed by atoms with van der Waals surface area (Å²) in [5, 5.41) is 0. The van der Waals surface area contributed by atoms with E-state index >= 15 is 0 Å². The molecule has 0 bridgehead atoms. The number of ether oxygens (including phenoxy) is 5. The second kappa shape index (κ2) is 6.83. The van der Waals surface area contributed by atoms with Gasteiger partial charge in [0, 0.05) is 14.2 Å². The minimum atomic E-state index is -1.19. The fraction of sp³-hybridized carbons (Fsp3) is 0.938. The van der Waals surface area contributed by atoms with Crippen LogP contribution in [-0.2, 0) is 28.5 Å². The van der Waals surface area contributed by atoms with E-state index in [0.29, 0.717) is 0 Å². The zero-order chi connectivity index (χ0) is 16.4. The Morgan fingerprint density at radius 1 is 1.00 bits per heavy atom. The minimum absolute atomic E-state index is 0.112. The highest BCUT2D eigenvalue weighted by Crippen LogP contribution is 2.41. The van der Waals surface area contributed by atoms with Gasteiger partial charge in [0.1, 0.15) is 0 Å². The maximum Gasteiger partial charge on any atom is 0.338 e. The largest absolute Gasteiger partial charge is 0.461 e. The molecule has 5 atom stereocenters. The zero-order valence-corrected chi connectivity index (χ0v) is 14.2. The number of methoxy groups -OCH3 is 2. The molecule has 0 N–H and O–H groups in total. The lowest BCUT2D eigenvalue weighted by Gasteiger charge is -2.51. The van der Waals surface area contributed by atoms with Crippen LogP contribution in [0.4, 0.5) is 0 Å². The standard InChI is InChI=1S/C16H28O6/c1-11-9-7-6-8-10-12-13(14(17)20-11)22-16(3,19-5)15(2,18-4)21-12/h11-13H,6-10H2,1-5H3/t11-,12+,13-,15-,16-/m1/s1. The van der Waals surface area contributed by atoms with Crippen molar-refractivity contribution in [2.75, 3.05) is 14.2 Å². The molecule has 0 radical (unpaired) electrons. The Morgan fingerprint density at radius 2 is 1.59 bits per heavy atom. The average molecular weight is 316 g/mol. The molecule has 6 heteroatoms. The van der Waals surface area contributed by atoms with Crippen molar-refractivity contribution in [3.8, 4) is 0 Å². The molecule has 0 saturated carbocycles. The zero-order valence-electron chi connectivity index (χ0n) is 14.2. The van der Waals surface area contributed by atoms with Crippen molar-refractivity contribution in [3.63, 3.8) is 0 Å². The Labute approximate surface area is 132 Å². The molecule has 128 valence electrons. The lowest BCUT2D eigenvalue weighted by Crippen LogP contribution is -2.66. The first-order chi connectivity index (χ1) is 10.3. The van der Waals surface area contributed by atoms with Crippen LogP contribution >= 0.6 is 0 Å². The third-order valence-electron chi connectivity index (χ3n) is 4.82. The van der Waals surface area contributed by atoms with E-state index in [-0.39, 0.29) is 12.1 Å². The summed E-state index contributed by atoms with van der Waals surface area (Å²) >= 11 is 0. The predicted octanol–water partition coefficient (Wildman–Crippen LogP) is 2.39. The van der Waals surface area contributed by atoms with Gasteiger partial charge in [0.25, 0.3) is 0 Å². The number of rotatable bonds is 2. The lowest BCUT2D eigenvalue weighted by molar-refractivity contribution is -0.444. The van der Waals surface area contributed by atoms with Crippen LogP contribution < -0.4 is 0 Å². The van der Waals surface area contributed by atoms with Gasteiger partial charge >= 0.3 is 5.97 Å². The van der Waals surface area contributed by atoms with Gasteiger partial charge in [0.15, 0.2) is 6.10 Å². The maximum atomic E-state index is 12.5. The smallest absolute Gasteiger partial charge is 0.338 e. The maximum absolute atomic E-state index is 12.5. The van der Waals surface area contributed by atoms with Crippen LogP contribution in [0.2, 0.25) is 0 Å². The minimum Gasteiger partial charge on any atom is -0.461 e. The molecule has 2 heterocycles. The molecule has 2 saturated heterocycles. The summed E-state index contributed by atoms with van der Waals surface area (Å²) in [5.74, 6) is -2.66. The van der Waals surface area contributed by atoms with Crippen LogP contribution in [0, 0.1) is 0 Å². The summed E-state index contributed by atoms with van der Waals surface area (Å²) in [7, 11) is 3.05. The topological polar surface area (TPSA) is 63.2 Å². The van der Waals surface area contributed by atoms with E-state index in [9.17, 15) is 4.79 Å². The van der Waals surface area contributed by atoms with E-state index in [2.05, 4.69) is 0 Å². The fourth-order valence-electron chi connectivity index (χ4n) is 3.04. The first kappa shape index (κ1) is 17.7. The number of carbonyl (C=O) groups is 1. The SMILES string of the molecule is CO[C@]1(C)O[C@H]2CCCCC[C@@H](C)OC(=O)[C@@H]2O[C@@]1(C)OC. The van der Waals surface area contributed by atoms with Crippen molar-refractivity contribution in [1.82, 2.24) is 0 Å². The Morgan fingerprint density at radius 3 is 2.23 bits per heavy atom. The molecule has 2 rings (SSSR count). The molecule has 0 aromatic carbocycles. The van der Waals surface area contributed by atoms with Crippen molar-refractivity contribution in [2.45, 2.75) is 82.8 Å². The molecule has 22 heavy (non-hydrogen) atoms. The Hall–Kier alpha value is -0.690. The molecule has 0 unspecified atom stereocenters. The van der Waals surface area contributed by atoms with Gasteiger partial charge in [-0.15, -0.1) is 0 Å². The van der Waals surface area contributed by atoms with E-state index in [1.807, 2.05) is 6.92 Å². The van der Waals surface area contributed by atoms with Gasteiger partial charge in [-0.1, -0.05) is 12.8 Å². The molecule has 6 nitrogen and oxygen atoms in total. The lowest BCUT2D eigenvalue weighted by atomic mass is 9.98. The van der Waals surface area contributed by atoms with E-state index in [0.717, 1.165) is 32.1 Å². The van der Waals surface area contributed by atoms with Crippen molar-refractivity contribution in [1.29, 1.82) is 0 Å². The Bertz CT molecular complexity index is 400. The summed E-state index contributed by atoms with van der Waals surface area (Å²) in [6.07, 6.45) is 3.41. The first-order valence-corrected chi connectivity index (χ1v) is 8.01. The molecule has 0 aromatic heterocycles. The van der Waals surface area contributed by atoms with Crippen LogP contribution in [-0.4, -0.2) is 50.1 Å². The van der Waals surface area contributed by atoms with Crippen LogP contribution in [0.15, 0.2) is 0 Å². The highest BCUT2D eigenvalue weighted by molar-refractivity contribution is 5.76. The molecule has 0 aliphatic carbocycles. The normalized spacial score (nSPS) is 44.0. The Kier molecular flexibility index (Phi) is 5.48.